The van der Waals surface area contributed by atoms with E-state index in [1.807, 2.05) is 13.8 Å². The molecule has 0 amide bonds. The summed E-state index contributed by atoms with van der Waals surface area (Å²) in [4.78, 5) is 0. The number of aliphatic hydroxyl groups excluding tert-OH is 2. The molecule has 11 heavy (non-hydrogen) atoms. The molecule has 0 aromatic carbocycles. The minimum atomic E-state index is -1.30. The van der Waals surface area contributed by atoms with Crippen LogP contribution >= 0.6 is 0 Å². The molecule has 0 saturated heterocycles. The molecule has 0 bridgehead atoms. The van der Waals surface area contributed by atoms with Gasteiger partial charge in [-0.15, -0.1) is 0 Å². The molecule has 71 valence electrons. The van der Waals surface area contributed by atoms with Crippen molar-refractivity contribution in [2.75, 3.05) is 6.61 Å². The van der Waals surface area contributed by atoms with Gasteiger partial charge in [0.2, 0.25) is 0 Å². The van der Waals surface area contributed by atoms with Gasteiger partial charge in [-0.2, -0.15) is 0 Å². The molecule has 0 aliphatic heterocycles. The Kier molecular flexibility index (Phi) is 5.94. The Hall–Kier alpha value is 0.226. The molecule has 0 fully saturated rings. The monoisotopic (exact) mass is 207 g/mol. The Balaban J connectivity index is 3.52. The van der Waals surface area contributed by atoms with E-state index in [-0.39, 0.29) is 12.0 Å². The standard InChI is InChI=1S/C4H9.C3H7O2.Co.O/c1-4(2)3;1-3(5)2-4;;/h4H,1H2,2-3H3;3-5H,1-2H2;;. The van der Waals surface area contributed by atoms with Crippen LogP contribution in [0.15, 0.2) is 0 Å². The van der Waals surface area contributed by atoms with E-state index in [0.29, 0.717) is 11.3 Å². The number of aliphatic hydroxyl groups is 2. The van der Waals surface area contributed by atoms with Crippen molar-refractivity contribution in [1.29, 1.82) is 0 Å². The molecule has 1 unspecified atom stereocenters. The van der Waals surface area contributed by atoms with E-state index in [2.05, 4.69) is 0 Å². The van der Waals surface area contributed by atoms with E-state index in [4.69, 9.17) is 10.2 Å². The first-order valence-electron chi connectivity index (χ1n) is 3.56. The van der Waals surface area contributed by atoms with Crippen molar-refractivity contribution in [2.24, 2.45) is 5.92 Å². The Morgan fingerprint density at radius 3 is 2.27 bits per heavy atom. The number of hydrogen-bond donors (Lipinski definition) is 2. The van der Waals surface area contributed by atoms with E-state index in [1.54, 1.807) is 0 Å². The van der Waals surface area contributed by atoms with Gasteiger partial charge in [-0.3, -0.25) is 0 Å². The molecule has 0 spiro atoms. The van der Waals surface area contributed by atoms with E-state index in [9.17, 15) is 3.87 Å². The summed E-state index contributed by atoms with van der Waals surface area (Å²) in [6.07, 6.45) is -0.809. The third-order valence-electron chi connectivity index (χ3n) is 0.944. The molecule has 0 aliphatic rings. The van der Waals surface area contributed by atoms with Crippen LogP contribution in [0.2, 0.25) is 10.7 Å². The third kappa shape index (κ3) is 6.62. The first-order chi connectivity index (χ1) is 5.06. The molecular formula is C7H16CoO3. The van der Waals surface area contributed by atoms with E-state index >= 15 is 0 Å². The normalized spacial score (nSPS) is 15.2. The van der Waals surface area contributed by atoms with Crippen LogP contribution in [0.3, 0.4) is 0 Å². The van der Waals surface area contributed by atoms with Gasteiger partial charge in [0.25, 0.3) is 0 Å². The van der Waals surface area contributed by atoms with Crippen molar-refractivity contribution < 1.29 is 27.7 Å². The molecule has 0 heterocycles. The van der Waals surface area contributed by atoms with E-state index < -0.39 is 19.7 Å². The average molecular weight is 207 g/mol. The molecule has 0 radical (unpaired) electrons. The summed E-state index contributed by atoms with van der Waals surface area (Å²) in [6, 6.07) is 0. The van der Waals surface area contributed by atoms with Crippen LogP contribution in [0.4, 0.5) is 0 Å². The maximum atomic E-state index is 11.1. The second kappa shape index (κ2) is 5.82. The third-order valence-corrected chi connectivity index (χ3v) is 3.23. The zero-order valence-corrected chi connectivity index (χ0v) is 7.95. The molecule has 0 aromatic rings. The van der Waals surface area contributed by atoms with Gasteiger partial charge in [0.05, 0.1) is 0 Å². The molecule has 2 N–H and O–H groups in total. The van der Waals surface area contributed by atoms with Crippen molar-refractivity contribution in [3.8, 4) is 0 Å². The summed E-state index contributed by atoms with van der Waals surface area (Å²) < 4.78 is 11.1. The van der Waals surface area contributed by atoms with Crippen LogP contribution in [0, 0.1) is 5.92 Å². The molecule has 0 aromatic heterocycles. The van der Waals surface area contributed by atoms with Crippen molar-refractivity contribution in [2.45, 2.75) is 30.7 Å². The molecule has 1 atom stereocenters. The summed E-state index contributed by atoms with van der Waals surface area (Å²) in [5.74, 6) is 0.392. The van der Waals surface area contributed by atoms with Crippen molar-refractivity contribution in [1.82, 2.24) is 0 Å². The van der Waals surface area contributed by atoms with Gasteiger partial charge in [0.1, 0.15) is 0 Å². The number of rotatable bonds is 5. The number of hydrogen-bond acceptors (Lipinski definition) is 3. The first kappa shape index (κ1) is 11.2. The predicted molar refractivity (Wildman–Crippen MR) is 38.2 cm³/mol. The molecule has 4 heteroatoms. The first-order valence-corrected chi connectivity index (χ1v) is 5.46. The van der Waals surface area contributed by atoms with Gasteiger partial charge in [0.15, 0.2) is 0 Å². The maximum absolute atomic E-state index is 11.1. The van der Waals surface area contributed by atoms with Crippen molar-refractivity contribution in [3.63, 3.8) is 0 Å². The zero-order valence-electron chi connectivity index (χ0n) is 6.91. The van der Waals surface area contributed by atoms with Crippen LogP contribution in [0.5, 0.6) is 0 Å². The fourth-order valence-electron chi connectivity index (χ4n) is 0.577. The van der Waals surface area contributed by atoms with E-state index in [1.165, 1.54) is 0 Å². The Morgan fingerprint density at radius 2 is 1.91 bits per heavy atom. The second-order valence-electron chi connectivity index (χ2n) is 2.86. The van der Waals surface area contributed by atoms with Crippen molar-refractivity contribution in [3.05, 3.63) is 0 Å². The van der Waals surface area contributed by atoms with Crippen LogP contribution in [-0.2, 0) is 17.5 Å². The second-order valence-corrected chi connectivity index (χ2v) is 4.83. The van der Waals surface area contributed by atoms with Crippen LogP contribution < -0.4 is 0 Å². The van der Waals surface area contributed by atoms with Gasteiger partial charge < -0.3 is 0 Å². The average Bonchev–Trinajstić information content (AvgIpc) is 1.85. The molecule has 0 aliphatic carbocycles. The van der Waals surface area contributed by atoms with Gasteiger partial charge in [-0.25, -0.2) is 0 Å². The fourth-order valence-corrected chi connectivity index (χ4v) is 2.38. The molecule has 3 nitrogen and oxygen atoms in total. The van der Waals surface area contributed by atoms with Crippen LogP contribution in [0.1, 0.15) is 13.8 Å². The molecule has 0 rings (SSSR count). The summed E-state index contributed by atoms with van der Waals surface area (Å²) in [6.45, 7) is 3.68. The van der Waals surface area contributed by atoms with Gasteiger partial charge in [0, 0.05) is 0 Å². The summed E-state index contributed by atoms with van der Waals surface area (Å²) >= 11 is -1.30. The quantitative estimate of drug-likeness (QED) is 0.700. The van der Waals surface area contributed by atoms with Crippen molar-refractivity contribution >= 4 is 0 Å². The topological polar surface area (TPSA) is 57.5 Å². The summed E-state index contributed by atoms with van der Waals surface area (Å²) in [5.41, 5.74) is 0. The molecule has 0 saturated carbocycles. The predicted octanol–water partition coefficient (Wildman–Crippen LogP) is 0.796. The Bertz CT molecular complexity index is 125. The van der Waals surface area contributed by atoms with Gasteiger partial charge >= 0.3 is 70.9 Å². The summed E-state index contributed by atoms with van der Waals surface area (Å²) in [7, 11) is 0. The zero-order chi connectivity index (χ0) is 8.85. The Labute approximate surface area is 71.4 Å². The van der Waals surface area contributed by atoms with E-state index in [0.717, 1.165) is 0 Å². The Morgan fingerprint density at radius 1 is 1.36 bits per heavy atom. The van der Waals surface area contributed by atoms with Gasteiger partial charge in [-0.05, 0) is 0 Å². The molecular weight excluding hydrogens is 191 g/mol. The van der Waals surface area contributed by atoms with Crippen LogP contribution in [-0.4, -0.2) is 22.9 Å². The van der Waals surface area contributed by atoms with Crippen LogP contribution in [0.25, 0.3) is 0 Å². The van der Waals surface area contributed by atoms with Gasteiger partial charge in [-0.1, -0.05) is 0 Å². The SMILES string of the molecule is CC(C)[CH2][Co](=[O])[CH2]C(O)CO. The fraction of sp³-hybridized carbons (Fsp3) is 1.00. The summed E-state index contributed by atoms with van der Waals surface area (Å²) in [5, 5.41) is 18.2. The minimum absolute atomic E-state index is 0.224.